The van der Waals surface area contributed by atoms with Gasteiger partial charge < -0.3 is 20.1 Å². The van der Waals surface area contributed by atoms with Gasteiger partial charge in [-0.1, -0.05) is 23.2 Å². The fourth-order valence-electron chi connectivity index (χ4n) is 1.36. The van der Waals surface area contributed by atoms with Gasteiger partial charge >= 0.3 is 6.09 Å². The minimum Gasteiger partial charge on any atom is -0.492 e. The highest BCUT2D eigenvalue weighted by Crippen LogP contribution is 2.27. The van der Waals surface area contributed by atoms with Crippen molar-refractivity contribution in [2.45, 2.75) is 6.42 Å². The molecule has 2 N–H and O–H groups in total. The zero-order valence-electron chi connectivity index (χ0n) is 11.4. The van der Waals surface area contributed by atoms with Crippen LogP contribution in [0, 0.1) is 0 Å². The van der Waals surface area contributed by atoms with Crippen LogP contribution in [0.2, 0.25) is 10.0 Å². The van der Waals surface area contributed by atoms with Gasteiger partial charge in [0, 0.05) is 11.6 Å². The van der Waals surface area contributed by atoms with Crippen molar-refractivity contribution in [1.82, 2.24) is 10.6 Å². The summed E-state index contributed by atoms with van der Waals surface area (Å²) in [5, 5.41) is 5.88. The second-order valence-corrected chi connectivity index (χ2v) is 4.82. The zero-order valence-corrected chi connectivity index (χ0v) is 13.0. The number of carbonyl (C=O) groups is 2. The van der Waals surface area contributed by atoms with Crippen molar-refractivity contribution in [2.75, 3.05) is 26.8 Å². The lowest BCUT2D eigenvalue weighted by atomic mass is 10.3. The Labute approximate surface area is 132 Å². The van der Waals surface area contributed by atoms with Crippen molar-refractivity contribution in [3.05, 3.63) is 28.2 Å². The van der Waals surface area contributed by atoms with Crippen molar-refractivity contribution in [1.29, 1.82) is 0 Å². The number of amides is 2. The van der Waals surface area contributed by atoms with E-state index in [1.807, 2.05) is 0 Å². The van der Waals surface area contributed by atoms with Gasteiger partial charge in [0.05, 0.1) is 25.3 Å². The molecule has 8 heteroatoms. The topological polar surface area (TPSA) is 76.7 Å². The van der Waals surface area contributed by atoms with Gasteiger partial charge in [-0.15, -0.1) is 0 Å². The van der Waals surface area contributed by atoms with E-state index in [1.165, 1.54) is 7.11 Å². The lowest BCUT2D eigenvalue weighted by Crippen LogP contribution is -2.37. The number of carbonyl (C=O) groups excluding carboxylic acids is 2. The molecule has 0 aliphatic rings. The Bertz CT molecular complexity index is 497. The lowest BCUT2D eigenvalue weighted by molar-refractivity contribution is -0.120. The Hall–Kier alpha value is -1.66. The SMILES string of the molecule is COC(=O)NCC(=O)NCCCOc1ccc(Cl)cc1Cl. The van der Waals surface area contributed by atoms with E-state index in [9.17, 15) is 9.59 Å². The van der Waals surface area contributed by atoms with Crippen LogP contribution < -0.4 is 15.4 Å². The fraction of sp³-hybridized carbons (Fsp3) is 0.385. The third-order valence-electron chi connectivity index (χ3n) is 2.37. The van der Waals surface area contributed by atoms with Crippen LogP contribution in [0.15, 0.2) is 18.2 Å². The van der Waals surface area contributed by atoms with Gasteiger partial charge in [-0.25, -0.2) is 4.79 Å². The van der Waals surface area contributed by atoms with Crippen LogP contribution in [0.1, 0.15) is 6.42 Å². The molecule has 0 fully saturated rings. The first kappa shape index (κ1) is 17.4. The average Bonchev–Trinajstić information content (AvgIpc) is 2.46. The molecule has 0 aliphatic carbocycles. The molecule has 0 aliphatic heterocycles. The molecule has 21 heavy (non-hydrogen) atoms. The molecule has 0 saturated carbocycles. The van der Waals surface area contributed by atoms with Crippen LogP contribution in [0.5, 0.6) is 5.75 Å². The predicted octanol–water partition coefficient (Wildman–Crippen LogP) is 2.23. The van der Waals surface area contributed by atoms with Crippen LogP contribution in [0.25, 0.3) is 0 Å². The van der Waals surface area contributed by atoms with Crippen LogP contribution in [0.4, 0.5) is 4.79 Å². The Morgan fingerprint density at radius 1 is 1.24 bits per heavy atom. The van der Waals surface area contributed by atoms with E-state index in [2.05, 4.69) is 15.4 Å². The molecule has 0 radical (unpaired) electrons. The Kier molecular flexibility index (Phi) is 7.71. The summed E-state index contributed by atoms with van der Waals surface area (Å²) < 4.78 is 9.80. The second kappa shape index (κ2) is 9.31. The highest BCUT2D eigenvalue weighted by Gasteiger charge is 2.05. The van der Waals surface area contributed by atoms with E-state index < -0.39 is 6.09 Å². The van der Waals surface area contributed by atoms with Crippen LogP contribution >= 0.6 is 23.2 Å². The molecule has 1 aromatic rings. The molecule has 0 bridgehead atoms. The number of hydrogen-bond acceptors (Lipinski definition) is 4. The summed E-state index contributed by atoms with van der Waals surface area (Å²) in [6, 6.07) is 4.96. The minimum atomic E-state index is -0.647. The number of rotatable bonds is 7. The maximum atomic E-state index is 11.3. The summed E-state index contributed by atoms with van der Waals surface area (Å²) in [4.78, 5) is 22.1. The Morgan fingerprint density at radius 3 is 2.67 bits per heavy atom. The average molecular weight is 335 g/mol. The third kappa shape index (κ3) is 7.06. The van der Waals surface area contributed by atoms with Crippen LogP contribution in [-0.2, 0) is 9.53 Å². The fourth-order valence-corrected chi connectivity index (χ4v) is 1.82. The van der Waals surface area contributed by atoms with E-state index >= 15 is 0 Å². The summed E-state index contributed by atoms with van der Waals surface area (Å²) in [6.45, 7) is 0.690. The van der Waals surface area contributed by atoms with Crippen LogP contribution in [-0.4, -0.2) is 38.8 Å². The molecule has 1 aromatic carbocycles. The molecule has 0 saturated heterocycles. The highest BCUT2D eigenvalue weighted by molar-refractivity contribution is 6.35. The van der Waals surface area contributed by atoms with Crippen molar-refractivity contribution < 1.29 is 19.1 Å². The standard InChI is InChI=1S/C13H16Cl2N2O4/c1-20-13(19)17-8-12(18)16-5-2-6-21-11-4-3-9(14)7-10(11)15/h3-4,7H,2,5-6,8H2,1H3,(H,16,18)(H,17,19). The molecule has 6 nitrogen and oxygen atoms in total. The number of nitrogens with one attached hydrogen (secondary N) is 2. The first-order valence-electron chi connectivity index (χ1n) is 6.19. The molecule has 0 heterocycles. The van der Waals surface area contributed by atoms with Gasteiger partial charge in [0.2, 0.25) is 5.91 Å². The molecular weight excluding hydrogens is 319 g/mol. The maximum Gasteiger partial charge on any atom is 0.407 e. The zero-order chi connectivity index (χ0) is 15.7. The van der Waals surface area contributed by atoms with Gasteiger partial charge in [0.15, 0.2) is 0 Å². The molecule has 0 unspecified atom stereocenters. The molecular formula is C13H16Cl2N2O4. The molecule has 0 atom stereocenters. The minimum absolute atomic E-state index is 0.128. The third-order valence-corrected chi connectivity index (χ3v) is 2.90. The Balaban J connectivity index is 2.14. The monoisotopic (exact) mass is 334 g/mol. The highest BCUT2D eigenvalue weighted by atomic mass is 35.5. The van der Waals surface area contributed by atoms with Gasteiger partial charge in [0.25, 0.3) is 0 Å². The quantitative estimate of drug-likeness (QED) is 0.749. The van der Waals surface area contributed by atoms with Crippen molar-refractivity contribution in [3.8, 4) is 5.75 Å². The summed E-state index contributed by atoms with van der Waals surface area (Å²) in [6.07, 6.45) is -0.0472. The largest absolute Gasteiger partial charge is 0.492 e. The van der Waals surface area contributed by atoms with Gasteiger partial charge in [0.1, 0.15) is 5.75 Å². The number of hydrogen-bond donors (Lipinski definition) is 2. The van der Waals surface area contributed by atoms with Crippen molar-refractivity contribution in [3.63, 3.8) is 0 Å². The van der Waals surface area contributed by atoms with Gasteiger partial charge in [-0.2, -0.15) is 0 Å². The summed E-state index contributed by atoms with van der Waals surface area (Å²) in [5.74, 6) is 0.240. The second-order valence-electron chi connectivity index (χ2n) is 3.97. The van der Waals surface area contributed by atoms with E-state index in [1.54, 1.807) is 18.2 Å². The number of alkyl carbamates (subject to hydrolysis) is 1. The number of halogens is 2. The number of ether oxygens (including phenoxy) is 2. The molecule has 2 amide bonds. The van der Waals surface area contributed by atoms with E-state index in [-0.39, 0.29) is 12.5 Å². The van der Waals surface area contributed by atoms with Crippen molar-refractivity contribution in [2.24, 2.45) is 0 Å². The van der Waals surface area contributed by atoms with E-state index in [4.69, 9.17) is 27.9 Å². The van der Waals surface area contributed by atoms with Crippen LogP contribution in [0.3, 0.4) is 0 Å². The van der Waals surface area contributed by atoms with E-state index in [0.29, 0.717) is 35.4 Å². The summed E-state index contributed by atoms with van der Waals surface area (Å²) >= 11 is 11.7. The molecule has 0 aromatic heterocycles. The number of benzene rings is 1. The maximum absolute atomic E-state index is 11.3. The number of methoxy groups -OCH3 is 1. The molecule has 0 spiro atoms. The summed E-state index contributed by atoms with van der Waals surface area (Å²) in [7, 11) is 1.23. The molecule has 1 rings (SSSR count). The normalized spacial score (nSPS) is 9.86. The lowest BCUT2D eigenvalue weighted by Gasteiger charge is -2.09. The van der Waals surface area contributed by atoms with E-state index in [0.717, 1.165) is 0 Å². The first-order chi connectivity index (χ1) is 10.0. The van der Waals surface area contributed by atoms with Crippen molar-refractivity contribution >= 4 is 35.2 Å². The van der Waals surface area contributed by atoms with Gasteiger partial charge in [-0.3, -0.25) is 4.79 Å². The first-order valence-corrected chi connectivity index (χ1v) is 6.95. The predicted molar refractivity (Wildman–Crippen MR) is 80.0 cm³/mol. The smallest absolute Gasteiger partial charge is 0.407 e. The van der Waals surface area contributed by atoms with Gasteiger partial charge in [-0.05, 0) is 24.6 Å². The summed E-state index contributed by atoms with van der Waals surface area (Å²) in [5.41, 5.74) is 0. The Morgan fingerprint density at radius 2 is 2.00 bits per heavy atom. The molecule has 116 valence electrons.